The topological polar surface area (TPSA) is 84.3 Å². The van der Waals surface area contributed by atoms with E-state index in [2.05, 4.69) is 15.3 Å². The number of carboxylic acids is 1. The average Bonchev–Trinajstić information content (AvgIpc) is 2.69. The number of halogens is 1. The Morgan fingerprint density at radius 1 is 1.24 bits per heavy atom. The van der Waals surface area contributed by atoms with Crippen LogP contribution in [0.4, 0.5) is 11.5 Å². The monoisotopic (exact) mass is 411 g/mol. The molecule has 0 atom stereocenters. The maximum Gasteiger partial charge on any atom is 0.303 e. The predicted octanol–water partition coefficient (Wildman–Crippen LogP) is 5.55. The molecule has 2 heterocycles. The first kappa shape index (κ1) is 20.6. The number of carboxylic acid groups (broad SMARTS) is 1. The van der Waals surface area contributed by atoms with Crippen LogP contribution in [0.2, 0.25) is 5.02 Å². The Kier molecular flexibility index (Phi) is 6.67. The van der Waals surface area contributed by atoms with Crippen molar-refractivity contribution in [2.45, 2.75) is 33.1 Å². The molecule has 2 aromatic heterocycles. The van der Waals surface area contributed by atoms with Gasteiger partial charge in [0.1, 0.15) is 17.3 Å². The Bertz CT molecular complexity index is 1020. The van der Waals surface area contributed by atoms with E-state index in [-0.39, 0.29) is 6.42 Å². The van der Waals surface area contributed by atoms with Gasteiger partial charge in [-0.25, -0.2) is 4.98 Å². The second kappa shape index (κ2) is 9.39. The summed E-state index contributed by atoms with van der Waals surface area (Å²) in [7, 11) is 0. The van der Waals surface area contributed by atoms with E-state index >= 15 is 0 Å². The van der Waals surface area contributed by atoms with E-state index in [1.165, 1.54) is 0 Å². The zero-order valence-electron chi connectivity index (χ0n) is 16.3. The van der Waals surface area contributed by atoms with Crippen molar-refractivity contribution >= 4 is 29.1 Å². The lowest BCUT2D eigenvalue weighted by atomic mass is 10.1. The summed E-state index contributed by atoms with van der Waals surface area (Å²) in [6.45, 7) is 3.89. The minimum Gasteiger partial charge on any atom is -0.481 e. The molecule has 0 spiro atoms. The molecule has 0 saturated heterocycles. The van der Waals surface area contributed by atoms with Gasteiger partial charge in [-0.15, -0.1) is 0 Å². The van der Waals surface area contributed by atoms with Crippen molar-refractivity contribution in [2.24, 2.45) is 0 Å². The summed E-state index contributed by atoms with van der Waals surface area (Å²) < 4.78 is 5.96. The van der Waals surface area contributed by atoms with E-state index in [4.69, 9.17) is 21.4 Å². The van der Waals surface area contributed by atoms with Crippen molar-refractivity contribution < 1.29 is 14.6 Å². The molecule has 1 aromatic carbocycles. The van der Waals surface area contributed by atoms with Gasteiger partial charge in [-0.3, -0.25) is 9.78 Å². The molecule has 0 bridgehead atoms. The number of hydrogen-bond donors (Lipinski definition) is 2. The number of aromatic nitrogens is 2. The van der Waals surface area contributed by atoms with Crippen LogP contribution in [0.15, 0.2) is 48.7 Å². The maximum atomic E-state index is 10.8. The number of benzene rings is 1. The number of nitrogens with zero attached hydrogens (tertiary/aromatic N) is 2. The number of pyridine rings is 2. The molecule has 0 aliphatic rings. The number of nitrogens with one attached hydrogen (secondary N) is 1. The van der Waals surface area contributed by atoms with E-state index in [1.807, 2.05) is 38.1 Å². The number of aliphatic carboxylic acids is 1. The fourth-order valence-corrected chi connectivity index (χ4v) is 3.11. The molecule has 3 aromatic rings. The van der Waals surface area contributed by atoms with Crippen molar-refractivity contribution in [2.75, 3.05) is 5.32 Å². The fourth-order valence-electron chi connectivity index (χ4n) is 2.84. The van der Waals surface area contributed by atoms with Crippen LogP contribution in [0.3, 0.4) is 0 Å². The summed E-state index contributed by atoms with van der Waals surface area (Å²) in [5.41, 5.74) is 3.38. The van der Waals surface area contributed by atoms with Gasteiger partial charge < -0.3 is 15.2 Å². The van der Waals surface area contributed by atoms with Gasteiger partial charge in [0.05, 0.1) is 16.4 Å². The van der Waals surface area contributed by atoms with E-state index in [0.29, 0.717) is 28.8 Å². The minimum atomic E-state index is -0.813. The van der Waals surface area contributed by atoms with Gasteiger partial charge in [0.25, 0.3) is 0 Å². The highest BCUT2D eigenvalue weighted by Crippen LogP contribution is 2.30. The highest BCUT2D eigenvalue weighted by Gasteiger charge is 2.09. The number of rotatable bonds is 8. The minimum absolute atomic E-state index is 0.0950. The Hall–Kier alpha value is -3.12. The zero-order valence-corrected chi connectivity index (χ0v) is 17.0. The second-order valence-electron chi connectivity index (χ2n) is 6.55. The third-order valence-corrected chi connectivity index (χ3v) is 4.64. The molecule has 7 heteroatoms. The Balaban J connectivity index is 1.74. The summed E-state index contributed by atoms with van der Waals surface area (Å²) in [6, 6.07) is 12.9. The third-order valence-electron chi connectivity index (χ3n) is 4.31. The number of anilines is 2. The lowest BCUT2D eigenvalue weighted by Crippen LogP contribution is -1.99. The molecule has 29 heavy (non-hydrogen) atoms. The van der Waals surface area contributed by atoms with Gasteiger partial charge in [0, 0.05) is 30.4 Å². The zero-order chi connectivity index (χ0) is 20.8. The van der Waals surface area contributed by atoms with Crippen molar-refractivity contribution in [3.8, 4) is 11.5 Å². The molecule has 0 radical (unpaired) electrons. The lowest BCUT2D eigenvalue weighted by molar-refractivity contribution is -0.136. The standard InChI is InChI=1S/C22H22ClN3O3/c1-3-19-18(23)13-20(14(2)25-19)29-17-9-10-24-21(12-17)26-16-6-4-5-15(11-16)7-8-22(27)28/h4-6,9-13H,3,7-8H2,1-2H3,(H,24,26)(H,27,28). The van der Waals surface area contributed by atoms with Crippen LogP contribution >= 0.6 is 11.6 Å². The summed E-state index contributed by atoms with van der Waals surface area (Å²) in [4.78, 5) is 19.6. The van der Waals surface area contributed by atoms with Crippen molar-refractivity contribution in [1.29, 1.82) is 0 Å². The molecule has 0 amide bonds. The Morgan fingerprint density at radius 3 is 2.83 bits per heavy atom. The van der Waals surface area contributed by atoms with Crippen LogP contribution in [0, 0.1) is 6.92 Å². The molecule has 0 fully saturated rings. The molecule has 3 rings (SSSR count). The normalized spacial score (nSPS) is 10.6. The molecular weight excluding hydrogens is 390 g/mol. The third kappa shape index (κ3) is 5.68. The highest BCUT2D eigenvalue weighted by molar-refractivity contribution is 6.31. The number of hydrogen-bond acceptors (Lipinski definition) is 5. The summed E-state index contributed by atoms with van der Waals surface area (Å²) in [5.74, 6) is 1.00. The lowest BCUT2D eigenvalue weighted by Gasteiger charge is -2.12. The molecule has 0 aliphatic carbocycles. The van der Waals surface area contributed by atoms with Crippen LogP contribution < -0.4 is 10.1 Å². The molecule has 2 N–H and O–H groups in total. The van der Waals surface area contributed by atoms with Crippen LogP contribution in [-0.2, 0) is 17.6 Å². The van der Waals surface area contributed by atoms with Crippen LogP contribution in [0.25, 0.3) is 0 Å². The maximum absolute atomic E-state index is 10.8. The van der Waals surface area contributed by atoms with Crippen molar-refractivity contribution in [3.05, 3.63) is 70.6 Å². The van der Waals surface area contributed by atoms with Gasteiger partial charge in [-0.1, -0.05) is 30.7 Å². The molecular formula is C22H22ClN3O3. The summed E-state index contributed by atoms with van der Waals surface area (Å²) >= 11 is 6.26. The van der Waals surface area contributed by atoms with Crippen molar-refractivity contribution in [3.63, 3.8) is 0 Å². The van der Waals surface area contributed by atoms with E-state index in [9.17, 15) is 4.79 Å². The summed E-state index contributed by atoms with van der Waals surface area (Å²) in [6.07, 6.45) is 2.98. The van der Waals surface area contributed by atoms with Gasteiger partial charge in [0.2, 0.25) is 0 Å². The van der Waals surface area contributed by atoms with Gasteiger partial charge in [-0.05, 0) is 43.5 Å². The first-order chi connectivity index (χ1) is 13.9. The van der Waals surface area contributed by atoms with Gasteiger partial charge >= 0.3 is 5.97 Å². The number of aryl methyl sites for hydroxylation is 3. The first-order valence-corrected chi connectivity index (χ1v) is 9.70. The second-order valence-corrected chi connectivity index (χ2v) is 6.96. The number of ether oxygens (including phenoxy) is 1. The number of carbonyl (C=O) groups is 1. The van der Waals surface area contributed by atoms with Gasteiger partial charge in [-0.2, -0.15) is 0 Å². The molecule has 6 nitrogen and oxygen atoms in total. The first-order valence-electron chi connectivity index (χ1n) is 9.32. The molecule has 0 aliphatic heterocycles. The molecule has 0 unspecified atom stereocenters. The van der Waals surface area contributed by atoms with E-state index in [1.54, 1.807) is 24.4 Å². The Labute approximate surface area is 174 Å². The quantitative estimate of drug-likeness (QED) is 0.505. The average molecular weight is 412 g/mol. The van der Waals surface area contributed by atoms with Crippen LogP contribution in [0.1, 0.15) is 30.3 Å². The molecule has 150 valence electrons. The van der Waals surface area contributed by atoms with Crippen molar-refractivity contribution in [1.82, 2.24) is 9.97 Å². The van der Waals surface area contributed by atoms with Crippen LogP contribution in [-0.4, -0.2) is 21.0 Å². The highest BCUT2D eigenvalue weighted by atomic mass is 35.5. The fraction of sp³-hybridized carbons (Fsp3) is 0.227. The predicted molar refractivity (Wildman–Crippen MR) is 113 cm³/mol. The van der Waals surface area contributed by atoms with Crippen LogP contribution in [0.5, 0.6) is 11.5 Å². The van der Waals surface area contributed by atoms with E-state index in [0.717, 1.165) is 29.1 Å². The largest absolute Gasteiger partial charge is 0.481 e. The smallest absolute Gasteiger partial charge is 0.303 e. The van der Waals surface area contributed by atoms with Gasteiger partial charge in [0.15, 0.2) is 0 Å². The Morgan fingerprint density at radius 2 is 2.07 bits per heavy atom. The summed E-state index contributed by atoms with van der Waals surface area (Å²) in [5, 5.41) is 12.6. The van der Waals surface area contributed by atoms with E-state index < -0.39 is 5.97 Å². The molecule has 0 saturated carbocycles. The SMILES string of the molecule is CCc1nc(C)c(Oc2ccnc(Nc3cccc(CCC(=O)O)c3)c2)cc1Cl.